The Morgan fingerprint density at radius 1 is 1.67 bits per heavy atom. The number of carboxylic acids is 1. The molecule has 2 rings (SSSR count). The monoisotopic (exact) mass is 187 g/mol. The van der Waals surface area contributed by atoms with E-state index in [1.807, 2.05) is 0 Å². The molecule has 2 heterocycles. The third-order valence-corrected chi connectivity index (χ3v) is 3.75. The van der Waals surface area contributed by atoms with Gasteiger partial charge in [-0.05, 0) is 6.42 Å². The lowest BCUT2D eigenvalue weighted by molar-refractivity contribution is -0.144. The molecule has 0 aromatic heterocycles. The van der Waals surface area contributed by atoms with Crippen LogP contribution in [-0.2, 0) is 9.59 Å². The Morgan fingerprint density at radius 3 is 2.92 bits per heavy atom. The van der Waals surface area contributed by atoms with Crippen LogP contribution >= 0.6 is 11.8 Å². The van der Waals surface area contributed by atoms with E-state index in [-0.39, 0.29) is 16.5 Å². The molecule has 2 fully saturated rings. The van der Waals surface area contributed by atoms with Gasteiger partial charge in [0.1, 0.15) is 5.25 Å². The SMILES string of the molecule is O=C(O)C1CCN2C(=O)C[C@H]2S1. The van der Waals surface area contributed by atoms with Gasteiger partial charge in [0.2, 0.25) is 5.91 Å². The molecule has 66 valence electrons. The normalized spacial score (nSPS) is 34.0. The van der Waals surface area contributed by atoms with E-state index < -0.39 is 5.97 Å². The summed E-state index contributed by atoms with van der Waals surface area (Å²) in [4.78, 5) is 23.2. The Balaban J connectivity index is 1.97. The van der Waals surface area contributed by atoms with Gasteiger partial charge < -0.3 is 10.0 Å². The number of carbonyl (C=O) groups is 2. The van der Waals surface area contributed by atoms with E-state index in [0.717, 1.165) is 0 Å². The third kappa shape index (κ3) is 1.08. The number of aliphatic carboxylic acids is 1. The van der Waals surface area contributed by atoms with Crippen molar-refractivity contribution in [2.24, 2.45) is 0 Å². The molecule has 2 saturated heterocycles. The summed E-state index contributed by atoms with van der Waals surface area (Å²) in [6.45, 7) is 0.619. The van der Waals surface area contributed by atoms with Crippen molar-refractivity contribution in [2.45, 2.75) is 23.5 Å². The molecule has 1 N–H and O–H groups in total. The lowest BCUT2D eigenvalue weighted by Gasteiger charge is -2.44. The molecule has 1 unspecified atom stereocenters. The minimum atomic E-state index is -0.751. The molecular formula is C7H9NO3S. The second kappa shape index (κ2) is 2.65. The summed E-state index contributed by atoms with van der Waals surface area (Å²) in [5.74, 6) is -0.588. The van der Waals surface area contributed by atoms with E-state index in [4.69, 9.17) is 5.11 Å². The lowest BCUT2D eigenvalue weighted by atomic mass is 10.1. The number of rotatable bonds is 1. The molecule has 0 saturated carbocycles. The highest BCUT2D eigenvalue weighted by Crippen LogP contribution is 2.38. The summed E-state index contributed by atoms with van der Waals surface area (Å²) < 4.78 is 0. The van der Waals surface area contributed by atoms with Crippen molar-refractivity contribution < 1.29 is 14.7 Å². The highest BCUT2D eigenvalue weighted by atomic mass is 32.2. The molecule has 12 heavy (non-hydrogen) atoms. The van der Waals surface area contributed by atoms with Gasteiger partial charge in [0, 0.05) is 6.54 Å². The molecule has 0 bridgehead atoms. The molecule has 1 amide bonds. The summed E-state index contributed by atoms with van der Waals surface area (Å²) in [6, 6.07) is 0. The van der Waals surface area contributed by atoms with Crippen LogP contribution in [0.15, 0.2) is 0 Å². The van der Waals surface area contributed by atoms with Gasteiger partial charge in [0.05, 0.1) is 11.8 Å². The topological polar surface area (TPSA) is 57.6 Å². The van der Waals surface area contributed by atoms with Crippen LogP contribution in [0.25, 0.3) is 0 Å². The van der Waals surface area contributed by atoms with Crippen LogP contribution in [0.1, 0.15) is 12.8 Å². The molecule has 2 aliphatic rings. The van der Waals surface area contributed by atoms with Crippen LogP contribution < -0.4 is 0 Å². The van der Waals surface area contributed by atoms with Crippen molar-refractivity contribution in [3.8, 4) is 0 Å². The molecule has 0 aromatic carbocycles. The van der Waals surface area contributed by atoms with Crippen molar-refractivity contribution in [3.63, 3.8) is 0 Å². The van der Waals surface area contributed by atoms with E-state index in [1.54, 1.807) is 4.90 Å². The summed E-state index contributed by atoms with van der Waals surface area (Å²) in [6.07, 6.45) is 1.11. The van der Waals surface area contributed by atoms with Crippen LogP contribution in [0, 0.1) is 0 Å². The summed E-state index contributed by atoms with van der Waals surface area (Å²) in [5, 5.41) is 8.55. The first-order chi connectivity index (χ1) is 5.68. The predicted molar refractivity (Wildman–Crippen MR) is 43.7 cm³/mol. The fourth-order valence-electron chi connectivity index (χ4n) is 1.51. The second-order valence-corrected chi connectivity index (χ2v) is 4.38. The number of hydrogen-bond donors (Lipinski definition) is 1. The number of amides is 1. The maximum Gasteiger partial charge on any atom is 0.316 e. The van der Waals surface area contributed by atoms with E-state index in [9.17, 15) is 9.59 Å². The van der Waals surface area contributed by atoms with E-state index >= 15 is 0 Å². The van der Waals surface area contributed by atoms with Crippen molar-refractivity contribution >= 4 is 23.6 Å². The smallest absolute Gasteiger partial charge is 0.316 e. The molecule has 2 aliphatic heterocycles. The van der Waals surface area contributed by atoms with Crippen molar-refractivity contribution in [3.05, 3.63) is 0 Å². The van der Waals surface area contributed by atoms with Gasteiger partial charge >= 0.3 is 5.97 Å². The minimum Gasteiger partial charge on any atom is -0.480 e. The van der Waals surface area contributed by atoms with Crippen molar-refractivity contribution in [1.29, 1.82) is 0 Å². The van der Waals surface area contributed by atoms with Gasteiger partial charge in [0.25, 0.3) is 0 Å². The summed E-state index contributed by atoms with van der Waals surface area (Å²) >= 11 is 1.40. The largest absolute Gasteiger partial charge is 0.480 e. The van der Waals surface area contributed by atoms with E-state index in [1.165, 1.54) is 11.8 Å². The van der Waals surface area contributed by atoms with Crippen molar-refractivity contribution in [1.82, 2.24) is 4.90 Å². The third-order valence-electron chi connectivity index (χ3n) is 2.25. The molecular weight excluding hydrogens is 178 g/mol. The molecule has 5 heteroatoms. The lowest BCUT2D eigenvalue weighted by Crippen LogP contribution is -2.55. The van der Waals surface area contributed by atoms with Crippen LogP contribution in [0.3, 0.4) is 0 Å². The van der Waals surface area contributed by atoms with Crippen molar-refractivity contribution in [2.75, 3.05) is 6.54 Å². The Kier molecular flexibility index (Phi) is 1.75. The molecule has 0 radical (unpaired) electrons. The van der Waals surface area contributed by atoms with Gasteiger partial charge in [-0.15, -0.1) is 11.8 Å². The fraction of sp³-hybridized carbons (Fsp3) is 0.714. The highest BCUT2D eigenvalue weighted by Gasteiger charge is 2.43. The van der Waals surface area contributed by atoms with Gasteiger partial charge in [-0.25, -0.2) is 0 Å². The zero-order chi connectivity index (χ0) is 8.72. The van der Waals surface area contributed by atoms with Gasteiger partial charge in [-0.1, -0.05) is 0 Å². The van der Waals surface area contributed by atoms with Crippen LogP contribution in [0.5, 0.6) is 0 Å². The van der Waals surface area contributed by atoms with Gasteiger partial charge in [0.15, 0.2) is 0 Å². The number of hydrogen-bond acceptors (Lipinski definition) is 3. The maximum atomic E-state index is 10.9. The standard InChI is InChI=1S/C7H9NO3S/c9-5-3-6-8(5)2-1-4(12-6)7(10)11/h4,6H,1-3H2,(H,10,11)/t4?,6-/m1/s1. The molecule has 2 atom stereocenters. The molecule has 4 nitrogen and oxygen atoms in total. The van der Waals surface area contributed by atoms with E-state index in [0.29, 0.717) is 19.4 Å². The number of carboxylic acid groups (broad SMARTS) is 1. The summed E-state index contributed by atoms with van der Waals surface area (Å²) in [5.41, 5.74) is 0. The Labute approximate surface area is 73.9 Å². The van der Waals surface area contributed by atoms with Gasteiger partial charge in [-0.3, -0.25) is 9.59 Å². The first kappa shape index (κ1) is 7.91. The second-order valence-electron chi connectivity index (χ2n) is 3.00. The number of carbonyl (C=O) groups excluding carboxylic acids is 1. The Hall–Kier alpha value is -0.710. The minimum absolute atomic E-state index is 0.146. The summed E-state index contributed by atoms with van der Waals surface area (Å²) in [7, 11) is 0. The Bertz CT molecular complexity index is 243. The number of thioether (sulfide) groups is 1. The maximum absolute atomic E-state index is 10.9. The number of β-lactam (4-membered cyclic amide) rings is 1. The van der Waals surface area contributed by atoms with Crippen LogP contribution in [-0.4, -0.2) is 39.1 Å². The average Bonchev–Trinajstić information content (AvgIpc) is 2.01. The number of fused-ring (bicyclic) bond motifs is 1. The predicted octanol–water partition coefficient (Wildman–Crippen LogP) is 0.135. The van der Waals surface area contributed by atoms with Crippen LogP contribution in [0.4, 0.5) is 0 Å². The highest BCUT2D eigenvalue weighted by molar-refractivity contribution is 8.01. The van der Waals surface area contributed by atoms with Crippen LogP contribution in [0.2, 0.25) is 0 Å². The van der Waals surface area contributed by atoms with Gasteiger partial charge in [-0.2, -0.15) is 0 Å². The molecule has 0 spiro atoms. The zero-order valence-corrected chi connectivity index (χ0v) is 7.21. The zero-order valence-electron chi connectivity index (χ0n) is 6.40. The Morgan fingerprint density at radius 2 is 2.42 bits per heavy atom. The number of nitrogens with zero attached hydrogens (tertiary/aromatic N) is 1. The molecule has 0 aromatic rings. The molecule has 0 aliphatic carbocycles. The van der Waals surface area contributed by atoms with E-state index in [2.05, 4.69) is 0 Å². The average molecular weight is 187 g/mol. The first-order valence-corrected chi connectivity index (χ1v) is 4.80. The fourth-order valence-corrected chi connectivity index (χ4v) is 2.86. The quantitative estimate of drug-likeness (QED) is 0.593. The first-order valence-electron chi connectivity index (χ1n) is 3.86.